The number of carboxylic acid groups (broad SMARTS) is 1. The summed E-state index contributed by atoms with van der Waals surface area (Å²) < 4.78 is 22.0. The van der Waals surface area contributed by atoms with E-state index in [0.29, 0.717) is 0 Å². The smallest absolute Gasteiger partial charge is 0.323 e. The lowest BCUT2D eigenvalue weighted by Gasteiger charge is -2.43. The molecule has 0 amide bonds. The van der Waals surface area contributed by atoms with Gasteiger partial charge >= 0.3 is 5.97 Å². The van der Waals surface area contributed by atoms with Gasteiger partial charge in [-0.2, -0.15) is 0 Å². The van der Waals surface area contributed by atoms with Crippen LogP contribution in [-0.4, -0.2) is 60.6 Å². The van der Waals surface area contributed by atoms with Gasteiger partial charge in [-0.05, 0) is 0 Å². The molecule has 1 heterocycles. The van der Waals surface area contributed by atoms with E-state index < -0.39 is 39.3 Å². The summed E-state index contributed by atoms with van der Waals surface area (Å²) in [5.74, 6) is -1.18. The van der Waals surface area contributed by atoms with Gasteiger partial charge in [-0.25, -0.2) is 0 Å². The van der Waals surface area contributed by atoms with E-state index in [0.717, 1.165) is 11.1 Å². The molecule has 0 saturated heterocycles. The first-order valence-electron chi connectivity index (χ1n) is 5.05. The highest BCUT2D eigenvalue weighted by molar-refractivity contribution is 7.70. The maximum absolute atomic E-state index is 11.0. The number of carbonyl (C=O) groups is 1. The molecule has 0 saturated carbocycles. The van der Waals surface area contributed by atoms with Gasteiger partial charge in [0.25, 0.3) is 0 Å². The van der Waals surface area contributed by atoms with Crippen LogP contribution in [-0.2, 0) is 13.9 Å². The molecule has 0 aromatic rings. The van der Waals surface area contributed by atoms with Crippen molar-refractivity contribution in [2.24, 2.45) is 0 Å². The van der Waals surface area contributed by atoms with Crippen LogP contribution in [0.4, 0.5) is 0 Å². The number of aliphatic carboxylic acids is 1. The van der Waals surface area contributed by atoms with E-state index in [1.54, 1.807) is 0 Å². The number of β-amino-alcohol motifs (C(OH)–C–C–N with tert-alkyl or cyclic N) is 1. The number of hydrogen-bond acceptors (Lipinski definition) is 8. The molecule has 0 aliphatic carbocycles. The van der Waals surface area contributed by atoms with E-state index in [2.05, 4.69) is 0 Å². The summed E-state index contributed by atoms with van der Waals surface area (Å²) in [5.41, 5.74) is 0. The van der Waals surface area contributed by atoms with Gasteiger partial charge in [0.15, 0.2) is 15.2 Å². The van der Waals surface area contributed by atoms with Crippen LogP contribution in [0, 0.1) is 7.43 Å². The van der Waals surface area contributed by atoms with Gasteiger partial charge in [-0.15, -0.1) is 0 Å². The topological polar surface area (TPSA) is 185 Å². The Bertz CT molecular complexity index is 488. The molecule has 1 aliphatic rings. The summed E-state index contributed by atoms with van der Waals surface area (Å²) in [4.78, 5) is 52.1. The highest BCUT2D eigenvalue weighted by atomic mass is 31.2. The third-order valence-corrected chi connectivity index (χ3v) is 6.12. The van der Waals surface area contributed by atoms with Crippen molar-refractivity contribution in [3.8, 4) is 0 Å². The zero-order valence-corrected chi connectivity index (χ0v) is 12.7. The Labute approximate surface area is 120 Å². The molecular formula is C8H15N2O9P2-. The predicted octanol–water partition coefficient (Wildman–Crippen LogP) is -2.69. The van der Waals surface area contributed by atoms with Crippen LogP contribution in [0.25, 0.3) is 0 Å². The SMILES string of the molecule is O=C(O)CN1C=CN(CC(O)(P(=O)([O-])O)P(=O)([O-])O)C1.[CH3+]. The summed E-state index contributed by atoms with van der Waals surface area (Å²) in [7, 11) is -11.7. The molecule has 0 aromatic heterocycles. The first kappa shape index (κ1) is 19.9. The van der Waals surface area contributed by atoms with Gasteiger partial charge in [0, 0.05) is 19.8 Å². The zero-order valence-electron chi connectivity index (χ0n) is 10.9. The maximum Gasteiger partial charge on any atom is 0.323 e. The van der Waals surface area contributed by atoms with E-state index in [-0.39, 0.29) is 14.1 Å². The van der Waals surface area contributed by atoms with Crippen molar-refractivity contribution in [2.75, 3.05) is 19.8 Å². The van der Waals surface area contributed by atoms with E-state index in [1.807, 2.05) is 0 Å². The highest BCUT2D eigenvalue weighted by Crippen LogP contribution is 2.63. The van der Waals surface area contributed by atoms with Crippen molar-refractivity contribution < 1.29 is 43.7 Å². The molecule has 0 fully saturated rings. The average molecular weight is 345 g/mol. The first-order valence-corrected chi connectivity index (χ1v) is 8.21. The van der Waals surface area contributed by atoms with Gasteiger partial charge in [-0.1, -0.05) is 0 Å². The van der Waals surface area contributed by atoms with E-state index in [4.69, 9.17) is 14.9 Å². The Kier molecular flexibility index (Phi) is 6.05. The summed E-state index contributed by atoms with van der Waals surface area (Å²) in [6, 6.07) is 0. The Morgan fingerprint density at radius 1 is 1.19 bits per heavy atom. The Hall–Kier alpha value is -1.06. The van der Waals surface area contributed by atoms with Crippen molar-refractivity contribution in [2.45, 2.75) is 5.08 Å². The van der Waals surface area contributed by atoms with E-state index in [9.17, 15) is 28.8 Å². The standard InChI is InChI=1S/C7H14N2O9P2.CH3/c10-6(11)3-8-1-2-9(5-8)4-7(12,19(13,14)15)20(16,17)18;/h1-2,12H,3-5H2,(H,10,11)(H2,13,14,15)(H2,16,17,18);1H3/q;+1/p-2. The number of carboxylic acids is 1. The molecule has 21 heavy (non-hydrogen) atoms. The second-order valence-electron chi connectivity index (χ2n) is 4.14. The minimum absolute atomic E-state index is 0. The summed E-state index contributed by atoms with van der Waals surface area (Å²) >= 11 is 0. The normalized spacial score (nSPS) is 22.9. The largest absolute Gasteiger partial charge is 0.776 e. The number of rotatable bonds is 6. The van der Waals surface area contributed by atoms with Gasteiger partial charge in [0.2, 0.25) is 5.08 Å². The molecule has 0 aromatic carbocycles. The van der Waals surface area contributed by atoms with Crippen molar-refractivity contribution in [3.63, 3.8) is 0 Å². The molecule has 0 radical (unpaired) electrons. The average Bonchev–Trinajstić information content (AvgIpc) is 2.60. The molecule has 13 heteroatoms. The molecule has 1 aliphatic heterocycles. The monoisotopic (exact) mass is 345 g/mol. The lowest BCUT2D eigenvalue weighted by Crippen LogP contribution is -2.46. The third-order valence-electron chi connectivity index (χ3n) is 2.51. The molecule has 0 spiro atoms. The number of aliphatic hydroxyl groups is 1. The van der Waals surface area contributed by atoms with Gasteiger partial charge in [-0.3, -0.25) is 4.79 Å². The fourth-order valence-electron chi connectivity index (χ4n) is 1.51. The predicted molar refractivity (Wildman–Crippen MR) is 66.1 cm³/mol. The molecule has 0 bridgehead atoms. The van der Waals surface area contributed by atoms with E-state index >= 15 is 0 Å². The van der Waals surface area contributed by atoms with Crippen LogP contribution in [0.1, 0.15) is 0 Å². The molecule has 122 valence electrons. The van der Waals surface area contributed by atoms with Gasteiger partial charge in [0.05, 0.1) is 13.2 Å². The van der Waals surface area contributed by atoms with Crippen molar-refractivity contribution >= 4 is 21.2 Å². The molecule has 2 unspecified atom stereocenters. The van der Waals surface area contributed by atoms with Gasteiger partial charge < -0.3 is 48.7 Å². The van der Waals surface area contributed by atoms with Crippen LogP contribution in [0.15, 0.2) is 12.4 Å². The molecule has 1 rings (SSSR count). The summed E-state index contributed by atoms with van der Waals surface area (Å²) in [5, 5.41) is 14.3. The van der Waals surface area contributed by atoms with E-state index in [1.165, 1.54) is 11.1 Å². The molecule has 11 nitrogen and oxygen atoms in total. The fraction of sp³-hybridized carbons (Fsp3) is 0.500. The lowest BCUT2D eigenvalue weighted by atomic mass is 10.6. The Morgan fingerprint density at radius 3 is 2.00 bits per heavy atom. The van der Waals surface area contributed by atoms with Crippen molar-refractivity contribution in [1.82, 2.24) is 9.80 Å². The molecular weight excluding hydrogens is 330 g/mol. The van der Waals surface area contributed by atoms with Crippen LogP contribution in [0.3, 0.4) is 0 Å². The lowest BCUT2D eigenvalue weighted by molar-refractivity contribution is -0.227. The highest BCUT2D eigenvalue weighted by Gasteiger charge is 2.48. The maximum atomic E-state index is 11.0. The van der Waals surface area contributed by atoms with Crippen LogP contribution < -0.4 is 9.79 Å². The number of nitrogens with zero attached hydrogens (tertiary/aromatic N) is 2. The number of hydrogen-bond donors (Lipinski definition) is 4. The minimum atomic E-state index is -5.84. The van der Waals surface area contributed by atoms with Crippen LogP contribution in [0.2, 0.25) is 0 Å². The Morgan fingerprint density at radius 2 is 1.62 bits per heavy atom. The van der Waals surface area contributed by atoms with Crippen LogP contribution >= 0.6 is 15.2 Å². The Balaban J connectivity index is 0.00000400. The van der Waals surface area contributed by atoms with Crippen molar-refractivity contribution in [1.29, 1.82) is 0 Å². The zero-order chi connectivity index (χ0) is 15.8. The minimum Gasteiger partial charge on any atom is -0.776 e. The second kappa shape index (κ2) is 6.37. The van der Waals surface area contributed by atoms with Crippen molar-refractivity contribution in [3.05, 3.63) is 19.8 Å². The van der Waals surface area contributed by atoms with Crippen LogP contribution in [0.5, 0.6) is 0 Å². The molecule has 2 atom stereocenters. The molecule has 4 N–H and O–H groups in total. The summed E-state index contributed by atoms with van der Waals surface area (Å²) in [6.07, 6.45) is 2.33. The quantitative estimate of drug-likeness (QED) is 0.290. The third kappa shape index (κ3) is 4.45. The fourth-order valence-corrected chi connectivity index (χ4v) is 3.50. The first-order chi connectivity index (χ1) is 8.87. The summed E-state index contributed by atoms with van der Waals surface area (Å²) in [6.45, 7) is -1.85. The van der Waals surface area contributed by atoms with Gasteiger partial charge in [0.1, 0.15) is 6.54 Å². The second-order valence-corrected chi connectivity index (χ2v) is 8.06.